The van der Waals surface area contributed by atoms with Crippen molar-refractivity contribution in [3.05, 3.63) is 23.9 Å². The fourth-order valence-corrected chi connectivity index (χ4v) is 1.83. The summed E-state index contributed by atoms with van der Waals surface area (Å²) >= 11 is 0. The van der Waals surface area contributed by atoms with Gasteiger partial charge in [-0.1, -0.05) is 6.07 Å². The molecule has 0 aliphatic carbocycles. The summed E-state index contributed by atoms with van der Waals surface area (Å²) < 4.78 is 5.40. The summed E-state index contributed by atoms with van der Waals surface area (Å²) in [6, 6.07) is 4.41. The lowest BCUT2D eigenvalue weighted by Crippen LogP contribution is -2.42. The van der Waals surface area contributed by atoms with E-state index >= 15 is 0 Å². The highest BCUT2D eigenvalue weighted by Crippen LogP contribution is 2.12. The van der Waals surface area contributed by atoms with Crippen LogP contribution in [0.4, 0.5) is 5.82 Å². The summed E-state index contributed by atoms with van der Waals surface area (Å²) in [6.45, 7) is 5.72. The lowest BCUT2D eigenvalue weighted by Gasteiger charge is -2.33. The molecule has 1 unspecified atom stereocenters. The van der Waals surface area contributed by atoms with Gasteiger partial charge in [-0.3, -0.25) is 4.90 Å². The molecule has 1 aliphatic rings. The van der Waals surface area contributed by atoms with Crippen molar-refractivity contribution < 1.29 is 4.74 Å². The summed E-state index contributed by atoms with van der Waals surface area (Å²) in [6.07, 6.45) is 1.86. The molecule has 5 nitrogen and oxygen atoms in total. The summed E-state index contributed by atoms with van der Waals surface area (Å²) in [7, 11) is 0. The van der Waals surface area contributed by atoms with Crippen LogP contribution < -0.4 is 11.3 Å². The van der Waals surface area contributed by atoms with E-state index < -0.39 is 0 Å². The lowest BCUT2D eigenvalue weighted by molar-refractivity contribution is -0.00440. The zero-order valence-corrected chi connectivity index (χ0v) is 9.52. The Hall–Kier alpha value is -1.17. The molecule has 0 radical (unpaired) electrons. The molecule has 2 heterocycles. The van der Waals surface area contributed by atoms with E-state index in [4.69, 9.17) is 10.6 Å². The Balaban J connectivity index is 1.96. The SMILES string of the molecule is CC1COCCN1Cc1ccc(NN)nc1. The average Bonchev–Trinajstić information content (AvgIpc) is 2.33. The van der Waals surface area contributed by atoms with E-state index in [0.29, 0.717) is 11.9 Å². The van der Waals surface area contributed by atoms with Crippen molar-refractivity contribution in [3.8, 4) is 0 Å². The van der Waals surface area contributed by atoms with Crippen LogP contribution in [0.3, 0.4) is 0 Å². The van der Waals surface area contributed by atoms with Crippen LogP contribution in [0, 0.1) is 0 Å². The van der Waals surface area contributed by atoms with Crippen LogP contribution in [0.2, 0.25) is 0 Å². The number of rotatable bonds is 3. The fraction of sp³-hybridized carbons (Fsp3) is 0.545. The van der Waals surface area contributed by atoms with Crippen molar-refractivity contribution in [1.29, 1.82) is 0 Å². The minimum atomic E-state index is 0.473. The smallest absolute Gasteiger partial charge is 0.139 e. The molecule has 16 heavy (non-hydrogen) atoms. The molecule has 0 spiro atoms. The highest BCUT2D eigenvalue weighted by atomic mass is 16.5. The number of nitrogens with one attached hydrogen (secondary N) is 1. The highest BCUT2D eigenvalue weighted by molar-refractivity contribution is 5.33. The molecule has 1 fully saturated rings. The summed E-state index contributed by atoms with van der Waals surface area (Å²) in [4.78, 5) is 6.59. The van der Waals surface area contributed by atoms with Crippen LogP contribution in [0.1, 0.15) is 12.5 Å². The molecule has 0 saturated carbocycles. The first-order valence-electron chi connectivity index (χ1n) is 5.53. The molecule has 1 aromatic heterocycles. The zero-order valence-electron chi connectivity index (χ0n) is 9.52. The number of anilines is 1. The van der Waals surface area contributed by atoms with E-state index in [1.54, 1.807) is 0 Å². The molecule has 0 aromatic carbocycles. The Bertz CT molecular complexity index is 327. The number of nitrogens with zero attached hydrogens (tertiary/aromatic N) is 2. The molecular weight excluding hydrogens is 204 g/mol. The Labute approximate surface area is 95.6 Å². The largest absolute Gasteiger partial charge is 0.379 e. The monoisotopic (exact) mass is 222 g/mol. The second-order valence-electron chi connectivity index (χ2n) is 4.09. The minimum Gasteiger partial charge on any atom is -0.379 e. The predicted octanol–water partition coefficient (Wildman–Crippen LogP) is 0.588. The van der Waals surface area contributed by atoms with Gasteiger partial charge in [0.25, 0.3) is 0 Å². The number of nitrogens with two attached hydrogens (primary N) is 1. The van der Waals surface area contributed by atoms with Crippen LogP contribution in [0.15, 0.2) is 18.3 Å². The van der Waals surface area contributed by atoms with Crippen molar-refractivity contribution >= 4 is 5.82 Å². The number of pyridine rings is 1. The van der Waals surface area contributed by atoms with Crippen LogP contribution in [-0.2, 0) is 11.3 Å². The first-order chi connectivity index (χ1) is 7.79. The Morgan fingerprint density at radius 2 is 2.50 bits per heavy atom. The third kappa shape index (κ3) is 2.69. The van der Waals surface area contributed by atoms with Crippen LogP contribution in [-0.4, -0.2) is 35.7 Å². The van der Waals surface area contributed by atoms with Gasteiger partial charge in [0.05, 0.1) is 13.2 Å². The maximum atomic E-state index is 5.40. The molecule has 0 amide bonds. The molecule has 2 rings (SSSR count). The van der Waals surface area contributed by atoms with Gasteiger partial charge in [-0.25, -0.2) is 10.8 Å². The summed E-state index contributed by atoms with van der Waals surface area (Å²) in [5.41, 5.74) is 3.72. The maximum absolute atomic E-state index is 5.40. The maximum Gasteiger partial charge on any atom is 0.139 e. The van der Waals surface area contributed by atoms with E-state index in [2.05, 4.69) is 22.2 Å². The molecule has 88 valence electrons. The van der Waals surface area contributed by atoms with Crippen molar-refractivity contribution in [2.45, 2.75) is 19.5 Å². The van der Waals surface area contributed by atoms with Gasteiger partial charge in [0.2, 0.25) is 0 Å². The molecular formula is C11H18N4O. The standard InChI is InChI=1S/C11H18N4O/c1-9-8-16-5-4-15(9)7-10-2-3-11(14-12)13-6-10/h2-3,6,9H,4-5,7-8,12H2,1H3,(H,13,14). The topological polar surface area (TPSA) is 63.4 Å². The number of morpholine rings is 1. The van der Waals surface area contributed by atoms with Gasteiger partial charge < -0.3 is 10.2 Å². The van der Waals surface area contributed by atoms with Crippen molar-refractivity contribution in [2.75, 3.05) is 25.2 Å². The quantitative estimate of drug-likeness (QED) is 0.579. The first-order valence-corrected chi connectivity index (χ1v) is 5.53. The number of hydrogen-bond acceptors (Lipinski definition) is 5. The molecule has 0 bridgehead atoms. The van der Waals surface area contributed by atoms with Gasteiger partial charge >= 0.3 is 0 Å². The number of aromatic nitrogens is 1. The highest BCUT2D eigenvalue weighted by Gasteiger charge is 2.18. The second kappa shape index (κ2) is 5.25. The van der Waals surface area contributed by atoms with Crippen LogP contribution >= 0.6 is 0 Å². The molecule has 1 atom stereocenters. The molecule has 3 N–H and O–H groups in total. The van der Waals surface area contributed by atoms with Crippen LogP contribution in [0.25, 0.3) is 0 Å². The third-order valence-electron chi connectivity index (χ3n) is 2.86. The molecule has 1 aliphatic heterocycles. The van der Waals surface area contributed by atoms with Crippen molar-refractivity contribution in [2.24, 2.45) is 5.84 Å². The van der Waals surface area contributed by atoms with Gasteiger partial charge in [0.1, 0.15) is 5.82 Å². The minimum absolute atomic E-state index is 0.473. The Kier molecular flexibility index (Phi) is 3.71. The first kappa shape index (κ1) is 11.3. The normalized spacial score (nSPS) is 22.0. The Morgan fingerprint density at radius 1 is 1.62 bits per heavy atom. The molecule has 1 saturated heterocycles. The van der Waals surface area contributed by atoms with Gasteiger partial charge in [-0.2, -0.15) is 0 Å². The molecule has 5 heteroatoms. The fourth-order valence-electron chi connectivity index (χ4n) is 1.83. The zero-order chi connectivity index (χ0) is 11.4. The number of hydrazine groups is 1. The predicted molar refractivity (Wildman–Crippen MR) is 62.7 cm³/mol. The average molecular weight is 222 g/mol. The van der Waals surface area contributed by atoms with E-state index in [-0.39, 0.29) is 0 Å². The Morgan fingerprint density at radius 3 is 3.12 bits per heavy atom. The van der Waals surface area contributed by atoms with E-state index in [0.717, 1.165) is 26.3 Å². The summed E-state index contributed by atoms with van der Waals surface area (Å²) in [5.74, 6) is 5.96. The van der Waals surface area contributed by atoms with Crippen molar-refractivity contribution in [3.63, 3.8) is 0 Å². The van der Waals surface area contributed by atoms with E-state index in [1.807, 2.05) is 18.3 Å². The molecule has 1 aromatic rings. The van der Waals surface area contributed by atoms with Gasteiger partial charge in [-0.15, -0.1) is 0 Å². The number of nitrogen functional groups attached to an aromatic ring is 1. The van der Waals surface area contributed by atoms with Gasteiger partial charge in [0.15, 0.2) is 0 Å². The number of hydrogen-bond donors (Lipinski definition) is 2. The second-order valence-corrected chi connectivity index (χ2v) is 4.09. The summed E-state index contributed by atoms with van der Waals surface area (Å²) in [5, 5.41) is 0. The van der Waals surface area contributed by atoms with Crippen molar-refractivity contribution in [1.82, 2.24) is 9.88 Å². The van der Waals surface area contributed by atoms with Gasteiger partial charge in [0, 0.05) is 25.3 Å². The lowest BCUT2D eigenvalue weighted by atomic mass is 10.2. The van der Waals surface area contributed by atoms with Crippen LogP contribution in [0.5, 0.6) is 0 Å². The third-order valence-corrected chi connectivity index (χ3v) is 2.86. The van der Waals surface area contributed by atoms with E-state index in [1.165, 1.54) is 5.56 Å². The van der Waals surface area contributed by atoms with Gasteiger partial charge in [-0.05, 0) is 18.6 Å². The number of ether oxygens (including phenoxy) is 1. The van der Waals surface area contributed by atoms with E-state index in [9.17, 15) is 0 Å².